The van der Waals surface area contributed by atoms with Crippen LogP contribution in [0.3, 0.4) is 0 Å². The maximum atomic E-state index is 13.3. The van der Waals surface area contributed by atoms with Crippen LogP contribution in [0.2, 0.25) is 5.02 Å². The lowest BCUT2D eigenvalue weighted by Crippen LogP contribution is -2.29. The Hall–Kier alpha value is -3.97. The number of methoxy groups -OCH3 is 1. The van der Waals surface area contributed by atoms with E-state index in [1.54, 1.807) is 54.6 Å². The van der Waals surface area contributed by atoms with Gasteiger partial charge < -0.3 is 19.7 Å². The summed E-state index contributed by atoms with van der Waals surface area (Å²) >= 11 is 6.03. The molecule has 0 bridgehead atoms. The van der Waals surface area contributed by atoms with Crippen LogP contribution in [0.4, 0.5) is 5.69 Å². The predicted octanol–water partition coefficient (Wildman–Crippen LogP) is 6.25. The maximum Gasteiger partial charge on any atom is 0.300 e. The fraction of sp³-hybridized carbons (Fsp3) is 0.241. The number of amides is 1. The highest BCUT2D eigenvalue weighted by molar-refractivity contribution is 6.51. The topological polar surface area (TPSA) is 96.3 Å². The number of aliphatic hydroxyl groups excluding tert-OH is 1. The summed E-state index contributed by atoms with van der Waals surface area (Å²) in [6.07, 6.45) is 3.12. The summed E-state index contributed by atoms with van der Waals surface area (Å²) in [4.78, 5) is 27.8. The molecule has 3 aromatic carbocycles. The number of hydrogen-bond acceptors (Lipinski definition) is 6. The van der Waals surface area contributed by atoms with Crippen molar-refractivity contribution in [2.45, 2.75) is 32.2 Å². The van der Waals surface area contributed by atoms with Crippen LogP contribution in [0.15, 0.2) is 72.3 Å². The number of Topliss-reactive ketones (excluding diaryl/α,β-unsaturated/α-hetero) is 1. The van der Waals surface area contributed by atoms with Gasteiger partial charge in [0.2, 0.25) is 0 Å². The lowest BCUT2D eigenvalue weighted by molar-refractivity contribution is -0.132. The van der Waals surface area contributed by atoms with Gasteiger partial charge in [-0.1, -0.05) is 37.4 Å². The fourth-order valence-electron chi connectivity index (χ4n) is 4.30. The van der Waals surface area contributed by atoms with Gasteiger partial charge in [-0.25, -0.2) is 0 Å². The minimum atomic E-state index is -0.997. The summed E-state index contributed by atoms with van der Waals surface area (Å²) in [5.41, 5.74) is 1.10. The smallest absolute Gasteiger partial charge is 0.300 e. The summed E-state index contributed by atoms with van der Waals surface area (Å²) in [6.45, 7) is 2.71. The molecule has 2 N–H and O–H groups in total. The first-order chi connectivity index (χ1) is 17.8. The maximum absolute atomic E-state index is 13.3. The van der Waals surface area contributed by atoms with Gasteiger partial charge >= 0.3 is 0 Å². The zero-order chi connectivity index (χ0) is 26.5. The molecule has 1 unspecified atom stereocenters. The van der Waals surface area contributed by atoms with Crippen LogP contribution in [0.1, 0.15) is 43.4 Å². The van der Waals surface area contributed by atoms with Crippen LogP contribution in [0.5, 0.6) is 17.2 Å². The van der Waals surface area contributed by atoms with Crippen LogP contribution in [0.25, 0.3) is 5.76 Å². The second kappa shape index (κ2) is 11.4. The van der Waals surface area contributed by atoms with Crippen molar-refractivity contribution in [1.82, 2.24) is 0 Å². The predicted molar refractivity (Wildman–Crippen MR) is 142 cm³/mol. The molecular formula is C29H28ClNO6. The van der Waals surface area contributed by atoms with Crippen LogP contribution in [0, 0.1) is 0 Å². The van der Waals surface area contributed by atoms with Crippen LogP contribution in [-0.2, 0) is 9.59 Å². The highest BCUT2D eigenvalue weighted by atomic mass is 35.5. The van der Waals surface area contributed by atoms with Gasteiger partial charge in [-0.05, 0) is 72.6 Å². The lowest BCUT2D eigenvalue weighted by Gasteiger charge is -2.26. The van der Waals surface area contributed by atoms with Gasteiger partial charge in [0.15, 0.2) is 11.5 Å². The molecule has 7 nitrogen and oxygen atoms in total. The molecule has 1 saturated heterocycles. The van der Waals surface area contributed by atoms with Crippen molar-refractivity contribution in [3.63, 3.8) is 0 Å². The Morgan fingerprint density at radius 2 is 1.70 bits per heavy atom. The Kier molecular flexibility index (Phi) is 8.04. The molecule has 1 atom stereocenters. The molecule has 3 aromatic rings. The van der Waals surface area contributed by atoms with Crippen LogP contribution in [-0.4, -0.2) is 35.6 Å². The number of carbonyl (C=O) groups excluding carboxylic acids is 2. The van der Waals surface area contributed by atoms with Gasteiger partial charge in [0.25, 0.3) is 11.7 Å². The number of aromatic hydroxyl groups is 1. The Bertz CT molecular complexity index is 1320. The van der Waals surface area contributed by atoms with Gasteiger partial charge in [0.05, 0.1) is 25.3 Å². The first-order valence-corrected chi connectivity index (χ1v) is 12.4. The summed E-state index contributed by atoms with van der Waals surface area (Å²) in [5, 5.41) is 22.2. The molecule has 37 heavy (non-hydrogen) atoms. The molecule has 0 aromatic heterocycles. The van der Waals surface area contributed by atoms with E-state index in [1.165, 1.54) is 24.1 Å². The number of ether oxygens (including phenoxy) is 2. The van der Waals surface area contributed by atoms with Crippen molar-refractivity contribution in [3.8, 4) is 17.2 Å². The SMILES string of the molecule is CCCCCOc1ccc(/C(O)=C2/C(=O)C(=O)N(c3ccc(Cl)cc3)C2c2ccc(OC)c(O)c2)cc1. The van der Waals surface area contributed by atoms with Gasteiger partial charge in [0, 0.05) is 16.3 Å². The molecular weight excluding hydrogens is 494 g/mol. The van der Waals surface area contributed by atoms with E-state index in [0.29, 0.717) is 34.2 Å². The van der Waals surface area contributed by atoms with Crippen molar-refractivity contribution in [1.29, 1.82) is 0 Å². The Balaban J connectivity index is 1.78. The summed E-state index contributed by atoms with van der Waals surface area (Å²) in [6, 6.07) is 16.8. The van der Waals surface area contributed by atoms with Gasteiger partial charge in [-0.3, -0.25) is 14.5 Å². The molecule has 4 rings (SSSR count). The average molecular weight is 522 g/mol. The monoisotopic (exact) mass is 521 g/mol. The highest BCUT2D eigenvalue weighted by Gasteiger charge is 2.47. The van der Waals surface area contributed by atoms with Gasteiger partial charge in [-0.2, -0.15) is 0 Å². The van der Waals surface area contributed by atoms with Crippen LogP contribution >= 0.6 is 11.6 Å². The second-order valence-corrected chi connectivity index (χ2v) is 9.09. The van der Waals surface area contributed by atoms with Crippen molar-refractivity contribution in [2.75, 3.05) is 18.6 Å². The molecule has 0 aliphatic carbocycles. The van der Waals surface area contributed by atoms with E-state index in [2.05, 4.69) is 6.92 Å². The first kappa shape index (κ1) is 26.1. The summed E-state index contributed by atoms with van der Waals surface area (Å²) < 4.78 is 10.9. The van der Waals surface area contributed by atoms with Crippen molar-refractivity contribution in [3.05, 3.63) is 88.5 Å². The number of benzene rings is 3. The minimum absolute atomic E-state index is 0.0962. The zero-order valence-electron chi connectivity index (χ0n) is 20.6. The quantitative estimate of drug-likeness (QED) is 0.149. The lowest BCUT2D eigenvalue weighted by atomic mass is 9.94. The number of hydrogen-bond donors (Lipinski definition) is 2. The van der Waals surface area contributed by atoms with E-state index >= 15 is 0 Å². The summed E-state index contributed by atoms with van der Waals surface area (Å²) in [5.74, 6) is -1.25. The Labute approximate surface area is 220 Å². The zero-order valence-corrected chi connectivity index (χ0v) is 21.4. The summed E-state index contributed by atoms with van der Waals surface area (Å²) in [7, 11) is 1.42. The normalized spacial score (nSPS) is 16.7. The van der Waals surface area contributed by atoms with Gasteiger partial charge in [-0.15, -0.1) is 0 Å². The fourth-order valence-corrected chi connectivity index (χ4v) is 4.43. The molecule has 1 aliphatic heterocycles. The molecule has 192 valence electrons. The van der Waals surface area contributed by atoms with Crippen molar-refractivity contribution >= 4 is 34.7 Å². The number of ketones is 1. The van der Waals surface area contributed by atoms with E-state index in [0.717, 1.165) is 19.3 Å². The van der Waals surface area contributed by atoms with E-state index in [4.69, 9.17) is 21.1 Å². The van der Waals surface area contributed by atoms with Crippen molar-refractivity contribution < 1.29 is 29.3 Å². The number of phenolic OH excluding ortho intramolecular Hbond substituents is 1. The number of aliphatic hydroxyl groups is 1. The van der Waals surface area contributed by atoms with E-state index in [-0.39, 0.29) is 22.8 Å². The van der Waals surface area contributed by atoms with Gasteiger partial charge in [0.1, 0.15) is 11.5 Å². The number of anilines is 1. The number of nitrogens with zero attached hydrogens (tertiary/aromatic N) is 1. The largest absolute Gasteiger partial charge is 0.507 e. The third-order valence-electron chi connectivity index (χ3n) is 6.21. The van der Waals surface area contributed by atoms with E-state index in [1.807, 2.05) is 0 Å². The molecule has 0 radical (unpaired) electrons. The molecule has 1 heterocycles. The third-order valence-corrected chi connectivity index (χ3v) is 6.46. The number of carbonyl (C=O) groups is 2. The Morgan fingerprint density at radius 1 is 1.00 bits per heavy atom. The third kappa shape index (κ3) is 5.42. The Morgan fingerprint density at radius 3 is 2.32 bits per heavy atom. The minimum Gasteiger partial charge on any atom is -0.507 e. The molecule has 1 fully saturated rings. The number of halogens is 1. The van der Waals surface area contributed by atoms with Crippen LogP contribution < -0.4 is 14.4 Å². The second-order valence-electron chi connectivity index (χ2n) is 8.66. The molecule has 8 heteroatoms. The number of rotatable bonds is 9. The first-order valence-electron chi connectivity index (χ1n) is 12.0. The average Bonchev–Trinajstić information content (AvgIpc) is 3.17. The molecule has 1 amide bonds. The van der Waals surface area contributed by atoms with E-state index in [9.17, 15) is 19.8 Å². The highest BCUT2D eigenvalue weighted by Crippen LogP contribution is 2.44. The molecule has 0 spiro atoms. The molecule has 0 saturated carbocycles. The van der Waals surface area contributed by atoms with Crippen molar-refractivity contribution in [2.24, 2.45) is 0 Å². The van der Waals surface area contributed by atoms with E-state index < -0.39 is 17.7 Å². The number of phenols is 1. The standard InChI is InChI=1S/C29H28ClNO6/c1-3-4-5-16-37-22-13-6-18(7-14-22)27(33)25-26(19-8-15-24(36-2)23(32)17-19)31(29(35)28(25)34)21-11-9-20(30)10-12-21/h6-15,17,26,32-33H,3-5,16H2,1-2H3/b27-25-. The number of unbranched alkanes of at least 4 members (excludes halogenated alkanes) is 2. The molecule has 1 aliphatic rings.